The lowest BCUT2D eigenvalue weighted by atomic mass is 9.94. The topological polar surface area (TPSA) is 60.8 Å². The number of aliphatic carboxylic acids is 1. The zero-order valence-electron chi connectivity index (χ0n) is 15.3. The molecule has 140 valence electrons. The van der Waals surface area contributed by atoms with E-state index >= 15 is 0 Å². The monoisotopic (exact) mass is 359 g/mol. The van der Waals surface area contributed by atoms with Crippen LogP contribution in [0.1, 0.15) is 57.9 Å². The highest BCUT2D eigenvalue weighted by Gasteiger charge is 2.18. The van der Waals surface area contributed by atoms with Gasteiger partial charge in [-0.05, 0) is 31.5 Å². The second-order valence-electron chi connectivity index (χ2n) is 5.55. The summed E-state index contributed by atoms with van der Waals surface area (Å²) in [4.78, 5) is 13.3. The molecule has 0 aliphatic heterocycles. The van der Waals surface area contributed by atoms with Crippen LogP contribution < -0.4 is 0 Å². The Morgan fingerprint density at radius 1 is 1.08 bits per heavy atom. The molecule has 0 radical (unpaired) electrons. The SMILES string of the molecule is CCCCC(C(=O)O)c1ccccc1.CCN(CC)CCCO.Cl. The van der Waals surface area contributed by atoms with Crippen molar-refractivity contribution in [2.24, 2.45) is 0 Å². The van der Waals surface area contributed by atoms with Gasteiger partial charge in [0.05, 0.1) is 5.92 Å². The smallest absolute Gasteiger partial charge is 0.310 e. The van der Waals surface area contributed by atoms with E-state index < -0.39 is 5.97 Å². The van der Waals surface area contributed by atoms with Gasteiger partial charge < -0.3 is 15.1 Å². The summed E-state index contributed by atoms with van der Waals surface area (Å²) in [7, 11) is 0. The first-order valence-electron chi connectivity index (χ1n) is 8.71. The number of carbonyl (C=O) groups is 1. The van der Waals surface area contributed by atoms with Gasteiger partial charge in [0.1, 0.15) is 0 Å². The Bertz CT molecular complexity index is 397. The molecule has 5 heteroatoms. The fourth-order valence-electron chi connectivity index (χ4n) is 2.36. The van der Waals surface area contributed by atoms with Crippen molar-refractivity contribution in [1.29, 1.82) is 0 Å². The normalized spacial score (nSPS) is 11.2. The van der Waals surface area contributed by atoms with Gasteiger partial charge >= 0.3 is 5.97 Å². The fourth-order valence-corrected chi connectivity index (χ4v) is 2.36. The Kier molecular flexibility index (Phi) is 17.5. The summed E-state index contributed by atoms with van der Waals surface area (Å²) in [6.45, 7) is 9.89. The number of hydrogen-bond acceptors (Lipinski definition) is 3. The van der Waals surface area contributed by atoms with Crippen LogP contribution in [0.4, 0.5) is 0 Å². The summed E-state index contributed by atoms with van der Waals surface area (Å²) in [5, 5.41) is 17.5. The number of aliphatic hydroxyl groups is 1. The highest BCUT2D eigenvalue weighted by molar-refractivity contribution is 5.85. The van der Waals surface area contributed by atoms with Crippen molar-refractivity contribution in [2.75, 3.05) is 26.2 Å². The Morgan fingerprint density at radius 2 is 1.67 bits per heavy atom. The number of carboxylic acid groups (broad SMARTS) is 1. The molecule has 24 heavy (non-hydrogen) atoms. The van der Waals surface area contributed by atoms with Crippen molar-refractivity contribution in [3.05, 3.63) is 35.9 Å². The largest absolute Gasteiger partial charge is 0.481 e. The molecule has 1 aromatic carbocycles. The Labute approximate surface area is 153 Å². The molecule has 0 amide bonds. The molecule has 1 aromatic rings. The molecular formula is C19H34ClNO3. The molecule has 0 fully saturated rings. The summed E-state index contributed by atoms with van der Waals surface area (Å²) in [6.07, 6.45) is 3.64. The van der Waals surface area contributed by atoms with Crippen molar-refractivity contribution in [3.8, 4) is 0 Å². The summed E-state index contributed by atoms with van der Waals surface area (Å²) < 4.78 is 0. The quantitative estimate of drug-likeness (QED) is 0.658. The van der Waals surface area contributed by atoms with E-state index in [0.717, 1.165) is 50.9 Å². The molecule has 0 bridgehead atoms. The molecule has 0 aliphatic carbocycles. The fraction of sp³-hybridized carbons (Fsp3) is 0.632. The maximum Gasteiger partial charge on any atom is 0.310 e. The van der Waals surface area contributed by atoms with Crippen LogP contribution >= 0.6 is 12.4 Å². The van der Waals surface area contributed by atoms with Crippen molar-refractivity contribution in [1.82, 2.24) is 4.90 Å². The van der Waals surface area contributed by atoms with Gasteiger partial charge in [-0.15, -0.1) is 12.4 Å². The summed E-state index contributed by atoms with van der Waals surface area (Å²) in [5.74, 6) is -1.05. The van der Waals surface area contributed by atoms with E-state index in [0.29, 0.717) is 6.61 Å². The molecule has 0 heterocycles. The Hall–Kier alpha value is -1.10. The first-order valence-corrected chi connectivity index (χ1v) is 8.71. The van der Waals surface area contributed by atoms with E-state index in [1.807, 2.05) is 30.3 Å². The average Bonchev–Trinajstić information content (AvgIpc) is 2.57. The molecule has 0 spiro atoms. The third kappa shape index (κ3) is 11.4. The molecule has 4 nitrogen and oxygen atoms in total. The van der Waals surface area contributed by atoms with E-state index in [-0.39, 0.29) is 18.3 Å². The summed E-state index contributed by atoms with van der Waals surface area (Å²) >= 11 is 0. The van der Waals surface area contributed by atoms with Crippen LogP contribution in [-0.4, -0.2) is 47.3 Å². The molecular weight excluding hydrogens is 326 g/mol. The van der Waals surface area contributed by atoms with E-state index in [2.05, 4.69) is 25.7 Å². The van der Waals surface area contributed by atoms with Crippen LogP contribution in [0.25, 0.3) is 0 Å². The van der Waals surface area contributed by atoms with E-state index in [4.69, 9.17) is 10.2 Å². The van der Waals surface area contributed by atoms with Crippen molar-refractivity contribution in [3.63, 3.8) is 0 Å². The molecule has 0 aliphatic rings. The lowest BCUT2D eigenvalue weighted by Gasteiger charge is -2.16. The zero-order chi connectivity index (χ0) is 17.5. The van der Waals surface area contributed by atoms with Crippen LogP contribution in [0.5, 0.6) is 0 Å². The van der Waals surface area contributed by atoms with Gasteiger partial charge in [0, 0.05) is 13.2 Å². The third-order valence-electron chi connectivity index (χ3n) is 3.87. The molecule has 0 aromatic heterocycles. The first-order chi connectivity index (χ1) is 11.1. The molecule has 0 saturated heterocycles. The minimum absolute atomic E-state index is 0. The number of rotatable bonds is 10. The Morgan fingerprint density at radius 3 is 2.08 bits per heavy atom. The Balaban J connectivity index is 0. The third-order valence-corrected chi connectivity index (χ3v) is 3.87. The minimum Gasteiger partial charge on any atom is -0.481 e. The van der Waals surface area contributed by atoms with Crippen LogP contribution in [0, 0.1) is 0 Å². The summed E-state index contributed by atoms with van der Waals surface area (Å²) in [5.41, 5.74) is 0.911. The average molecular weight is 360 g/mol. The number of carboxylic acids is 1. The van der Waals surface area contributed by atoms with E-state index in [9.17, 15) is 4.79 Å². The highest BCUT2D eigenvalue weighted by Crippen LogP contribution is 2.21. The minimum atomic E-state index is -0.718. The van der Waals surface area contributed by atoms with E-state index in [1.54, 1.807) is 0 Å². The van der Waals surface area contributed by atoms with Crippen molar-refractivity contribution >= 4 is 18.4 Å². The second kappa shape index (κ2) is 16.7. The molecule has 1 atom stereocenters. The van der Waals surface area contributed by atoms with Gasteiger partial charge in [-0.3, -0.25) is 4.79 Å². The van der Waals surface area contributed by atoms with Crippen LogP contribution in [-0.2, 0) is 4.79 Å². The molecule has 1 rings (SSSR count). The maximum atomic E-state index is 11.0. The molecule has 2 N–H and O–H groups in total. The predicted molar refractivity (Wildman–Crippen MR) is 103 cm³/mol. The number of nitrogens with zero attached hydrogens (tertiary/aromatic N) is 1. The lowest BCUT2D eigenvalue weighted by molar-refractivity contribution is -0.139. The second-order valence-corrected chi connectivity index (χ2v) is 5.55. The van der Waals surface area contributed by atoms with Gasteiger partial charge in [-0.2, -0.15) is 0 Å². The van der Waals surface area contributed by atoms with Gasteiger partial charge in [0.15, 0.2) is 0 Å². The lowest BCUT2D eigenvalue weighted by Crippen LogP contribution is -2.24. The molecule has 0 saturated carbocycles. The number of benzene rings is 1. The van der Waals surface area contributed by atoms with Crippen LogP contribution in [0.3, 0.4) is 0 Å². The zero-order valence-corrected chi connectivity index (χ0v) is 16.1. The van der Waals surface area contributed by atoms with Gasteiger partial charge in [0.2, 0.25) is 0 Å². The maximum absolute atomic E-state index is 11.0. The standard InChI is InChI=1S/C12H16O2.C7H17NO.ClH/c1-2-3-9-11(12(13)14)10-7-5-4-6-8-10;1-3-8(4-2)6-5-7-9;/h4-8,11H,2-3,9H2,1H3,(H,13,14);9H,3-7H2,1-2H3;1H. The van der Waals surface area contributed by atoms with Crippen LogP contribution in [0.15, 0.2) is 30.3 Å². The van der Waals surface area contributed by atoms with Crippen LogP contribution in [0.2, 0.25) is 0 Å². The van der Waals surface area contributed by atoms with Crippen molar-refractivity contribution in [2.45, 2.75) is 52.4 Å². The molecule has 1 unspecified atom stereocenters. The van der Waals surface area contributed by atoms with Gasteiger partial charge in [0.25, 0.3) is 0 Å². The number of unbranched alkanes of at least 4 members (excludes halogenated alkanes) is 1. The predicted octanol–water partition coefficient (Wildman–Crippen LogP) is 4.18. The highest BCUT2D eigenvalue weighted by atomic mass is 35.5. The van der Waals surface area contributed by atoms with Gasteiger partial charge in [-0.1, -0.05) is 63.9 Å². The van der Waals surface area contributed by atoms with E-state index in [1.165, 1.54) is 0 Å². The number of hydrogen-bond donors (Lipinski definition) is 2. The number of aliphatic hydroxyl groups excluding tert-OH is 1. The first kappa shape index (κ1) is 25.1. The van der Waals surface area contributed by atoms with Gasteiger partial charge in [-0.25, -0.2) is 0 Å². The van der Waals surface area contributed by atoms with Crippen molar-refractivity contribution < 1.29 is 15.0 Å². The number of halogens is 1. The summed E-state index contributed by atoms with van der Waals surface area (Å²) in [6, 6.07) is 9.44.